The van der Waals surface area contributed by atoms with E-state index in [0.29, 0.717) is 16.8 Å². The van der Waals surface area contributed by atoms with Crippen LogP contribution in [0.25, 0.3) is 10.9 Å². The summed E-state index contributed by atoms with van der Waals surface area (Å²) in [5.74, 6) is 1.13. The maximum absolute atomic E-state index is 6.02. The summed E-state index contributed by atoms with van der Waals surface area (Å²) >= 11 is 17.7. The van der Waals surface area contributed by atoms with E-state index < -0.39 is 0 Å². The van der Waals surface area contributed by atoms with Crippen LogP contribution < -0.4 is 10.3 Å². The average Bonchev–Trinajstić information content (AvgIpc) is 2.68. The number of anilines is 2. The predicted molar refractivity (Wildman–Crippen MR) is 118 cm³/mol. The fourth-order valence-corrected chi connectivity index (χ4v) is 3.31. The van der Waals surface area contributed by atoms with Crippen LogP contribution in [0.3, 0.4) is 0 Å². The van der Waals surface area contributed by atoms with Crippen molar-refractivity contribution in [2.45, 2.75) is 0 Å². The maximum atomic E-state index is 6.02. The standard InChI is InChI=1S/C20H19Cl3N4/c21-8-11-27(12-9-22)17-4-1-15(2-5-17)14-25-26-19-7-10-24-20-13-16(23)3-6-18(19)20/h1-7,10,13-14H,8-9,11-12H2,(H,24,26). The topological polar surface area (TPSA) is 40.5 Å². The first-order valence-corrected chi connectivity index (χ1v) is 9.96. The summed E-state index contributed by atoms with van der Waals surface area (Å²) in [5, 5.41) is 5.97. The number of halogens is 3. The minimum absolute atomic E-state index is 0.565. The highest BCUT2D eigenvalue weighted by molar-refractivity contribution is 6.31. The number of aromatic nitrogens is 1. The number of fused-ring (bicyclic) bond motifs is 1. The first-order chi connectivity index (χ1) is 13.2. The lowest BCUT2D eigenvalue weighted by molar-refractivity contribution is 0.874. The van der Waals surface area contributed by atoms with E-state index in [4.69, 9.17) is 34.8 Å². The lowest BCUT2D eigenvalue weighted by Gasteiger charge is -2.22. The van der Waals surface area contributed by atoms with Crippen molar-refractivity contribution >= 4 is 63.3 Å². The van der Waals surface area contributed by atoms with Crippen molar-refractivity contribution in [1.82, 2.24) is 4.98 Å². The highest BCUT2D eigenvalue weighted by Gasteiger charge is 2.05. The molecule has 1 N–H and O–H groups in total. The van der Waals surface area contributed by atoms with E-state index in [1.165, 1.54) is 0 Å². The summed E-state index contributed by atoms with van der Waals surface area (Å²) in [5.41, 5.74) is 6.86. The summed E-state index contributed by atoms with van der Waals surface area (Å²) in [6.07, 6.45) is 3.51. The van der Waals surface area contributed by atoms with E-state index in [2.05, 4.69) is 20.4 Å². The highest BCUT2D eigenvalue weighted by atomic mass is 35.5. The molecular weight excluding hydrogens is 403 g/mol. The van der Waals surface area contributed by atoms with Gasteiger partial charge in [-0.1, -0.05) is 23.7 Å². The van der Waals surface area contributed by atoms with Gasteiger partial charge in [0.25, 0.3) is 0 Å². The summed E-state index contributed by atoms with van der Waals surface area (Å²) in [6, 6.07) is 15.6. The van der Waals surface area contributed by atoms with Crippen LogP contribution in [-0.4, -0.2) is 36.0 Å². The molecule has 27 heavy (non-hydrogen) atoms. The Kier molecular flexibility index (Phi) is 7.16. The normalized spacial score (nSPS) is 11.2. The number of hydrogen-bond donors (Lipinski definition) is 1. The Morgan fingerprint density at radius 2 is 1.74 bits per heavy atom. The van der Waals surface area contributed by atoms with E-state index in [9.17, 15) is 0 Å². The molecule has 0 aliphatic heterocycles. The second-order valence-corrected chi connectivity index (χ2v) is 7.04. The van der Waals surface area contributed by atoms with Gasteiger partial charge in [0, 0.05) is 47.1 Å². The van der Waals surface area contributed by atoms with Gasteiger partial charge < -0.3 is 4.90 Å². The third kappa shape index (κ3) is 5.25. The van der Waals surface area contributed by atoms with Crippen molar-refractivity contribution in [3.8, 4) is 0 Å². The van der Waals surface area contributed by atoms with Gasteiger partial charge in [0.15, 0.2) is 0 Å². The molecule has 0 fully saturated rings. The minimum atomic E-state index is 0.565. The Hall–Kier alpha value is -2.01. The number of hydrogen-bond acceptors (Lipinski definition) is 4. The van der Waals surface area contributed by atoms with Crippen LogP contribution in [0.4, 0.5) is 11.4 Å². The van der Waals surface area contributed by atoms with Gasteiger partial charge in [-0.15, -0.1) is 23.2 Å². The van der Waals surface area contributed by atoms with Crippen LogP contribution in [0.1, 0.15) is 5.56 Å². The second kappa shape index (κ2) is 9.79. The first-order valence-electron chi connectivity index (χ1n) is 8.51. The Balaban J connectivity index is 1.70. The molecule has 0 saturated carbocycles. The molecule has 140 valence electrons. The smallest absolute Gasteiger partial charge is 0.0738 e. The zero-order valence-electron chi connectivity index (χ0n) is 14.6. The molecule has 1 heterocycles. The third-order valence-electron chi connectivity index (χ3n) is 4.07. The van der Waals surface area contributed by atoms with Crippen LogP contribution in [0.2, 0.25) is 5.02 Å². The molecule has 0 aliphatic carbocycles. The largest absolute Gasteiger partial charge is 0.369 e. The molecule has 0 saturated heterocycles. The van der Waals surface area contributed by atoms with Gasteiger partial charge >= 0.3 is 0 Å². The van der Waals surface area contributed by atoms with Gasteiger partial charge in [-0.05, 0) is 42.0 Å². The quantitative estimate of drug-likeness (QED) is 0.291. The van der Waals surface area contributed by atoms with Gasteiger partial charge in [-0.3, -0.25) is 10.4 Å². The van der Waals surface area contributed by atoms with Gasteiger partial charge in [0.05, 0.1) is 17.4 Å². The fraction of sp³-hybridized carbons (Fsp3) is 0.200. The zero-order chi connectivity index (χ0) is 19.1. The van der Waals surface area contributed by atoms with Crippen LogP contribution in [0, 0.1) is 0 Å². The molecule has 4 nitrogen and oxygen atoms in total. The average molecular weight is 422 g/mol. The molecule has 0 aliphatic rings. The third-order valence-corrected chi connectivity index (χ3v) is 4.64. The van der Waals surface area contributed by atoms with Gasteiger partial charge in [-0.2, -0.15) is 5.10 Å². The number of nitrogens with zero attached hydrogens (tertiary/aromatic N) is 3. The van der Waals surface area contributed by atoms with Crippen molar-refractivity contribution < 1.29 is 0 Å². The van der Waals surface area contributed by atoms with Crippen molar-refractivity contribution in [3.63, 3.8) is 0 Å². The fourth-order valence-electron chi connectivity index (χ4n) is 2.74. The Bertz CT molecular complexity index is 907. The van der Waals surface area contributed by atoms with E-state index >= 15 is 0 Å². The second-order valence-electron chi connectivity index (χ2n) is 5.85. The lowest BCUT2D eigenvalue weighted by atomic mass is 10.2. The van der Waals surface area contributed by atoms with E-state index in [-0.39, 0.29) is 0 Å². The van der Waals surface area contributed by atoms with Gasteiger partial charge in [0.1, 0.15) is 0 Å². The summed E-state index contributed by atoms with van der Waals surface area (Å²) < 4.78 is 0. The molecule has 3 aromatic rings. The summed E-state index contributed by atoms with van der Waals surface area (Å²) in [4.78, 5) is 6.49. The summed E-state index contributed by atoms with van der Waals surface area (Å²) in [6.45, 7) is 1.53. The number of benzene rings is 2. The predicted octanol–water partition coefficient (Wildman–Crippen LogP) is 5.62. The minimum Gasteiger partial charge on any atom is -0.369 e. The van der Waals surface area contributed by atoms with Crippen molar-refractivity contribution in [2.75, 3.05) is 35.2 Å². The zero-order valence-corrected chi connectivity index (χ0v) is 16.8. The van der Waals surface area contributed by atoms with Crippen LogP contribution in [0.5, 0.6) is 0 Å². The van der Waals surface area contributed by atoms with E-state index in [1.807, 2.05) is 48.5 Å². The van der Waals surface area contributed by atoms with E-state index in [1.54, 1.807) is 12.4 Å². The van der Waals surface area contributed by atoms with E-state index in [0.717, 1.165) is 40.9 Å². The highest BCUT2D eigenvalue weighted by Crippen LogP contribution is 2.24. The number of alkyl halides is 2. The number of nitrogens with one attached hydrogen (secondary N) is 1. The van der Waals surface area contributed by atoms with Crippen LogP contribution in [0.15, 0.2) is 59.8 Å². The van der Waals surface area contributed by atoms with Crippen LogP contribution >= 0.6 is 34.8 Å². The van der Waals surface area contributed by atoms with Gasteiger partial charge in [-0.25, -0.2) is 0 Å². The number of rotatable bonds is 8. The molecule has 2 aromatic carbocycles. The molecule has 0 spiro atoms. The molecular formula is C20H19Cl3N4. The lowest BCUT2D eigenvalue weighted by Crippen LogP contribution is -2.27. The molecule has 0 bridgehead atoms. The Morgan fingerprint density at radius 1 is 1.00 bits per heavy atom. The molecule has 0 amide bonds. The Morgan fingerprint density at radius 3 is 2.44 bits per heavy atom. The molecule has 0 atom stereocenters. The molecule has 0 unspecified atom stereocenters. The molecule has 1 aromatic heterocycles. The first kappa shape index (κ1) is 19.7. The molecule has 7 heteroatoms. The van der Waals surface area contributed by atoms with Crippen molar-refractivity contribution in [3.05, 3.63) is 65.3 Å². The number of hydrazone groups is 1. The summed E-state index contributed by atoms with van der Waals surface area (Å²) in [7, 11) is 0. The Labute approximate surface area is 173 Å². The van der Waals surface area contributed by atoms with Gasteiger partial charge in [0.2, 0.25) is 0 Å². The monoisotopic (exact) mass is 420 g/mol. The maximum Gasteiger partial charge on any atom is 0.0738 e. The SMILES string of the molecule is ClCCN(CCCl)c1ccc(C=NNc2ccnc3cc(Cl)ccc23)cc1. The van der Waals surface area contributed by atoms with Crippen molar-refractivity contribution in [1.29, 1.82) is 0 Å². The van der Waals surface area contributed by atoms with Crippen molar-refractivity contribution in [2.24, 2.45) is 5.10 Å². The molecule has 0 radical (unpaired) electrons. The molecule has 3 rings (SSSR count). The number of pyridine rings is 1. The van der Waals surface area contributed by atoms with Crippen LogP contribution in [-0.2, 0) is 0 Å².